The Bertz CT molecular complexity index is 555. The van der Waals surface area contributed by atoms with Crippen LogP contribution in [0.4, 0.5) is 4.79 Å². The lowest BCUT2D eigenvalue weighted by molar-refractivity contribution is -0.142. The number of nitrogens with zero attached hydrogens (tertiary/aromatic N) is 1. The fourth-order valence-corrected chi connectivity index (χ4v) is 3.50. The number of hydrogen-bond acceptors (Lipinski definition) is 4. The number of nitrogens with one attached hydrogen (secondary N) is 2. The molecule has 0 spiro atoms. The Morgan fingerprint density at radius 1 is 1.23 bits per heavy atom. The summed E-state index contributed by atoms with van der Waals surface area (Å²) in [5.74, 6) is -2.29. The van der Waals surface area contributed by atoms with E-state index in [0.717, 1.165) is 0 Å². The number of amides is 4. The van der Waals surface area contributed by atoms with Crippen LogP contribution in [0.5, 0.6) is 0 Å². The predicted octanol–water partition coefficient (Wildman–Crippen LogP) is -0.456. The monoisotopic (exact) mass is 309 g/mol. The normalized spacial score (nSPS) is 35.0. The van der Waals surface area contributed by atoms with Crippen LogP contribution in [-0.2, 0) is 14.4 Å². The second-order valence-corrected chi connectivity index (χ2v) is 6.50. The van der Waals surface area contributed by atoms with Crippen molar-refractivity contribution in [2.75, 3.05) is 13.1 Å². The SMILES string of the molecule is CC1(C2CCN(C(=O)C3CC3C(=O)O)CC2)NC(=O)NC1=O. The Kier molecular flexibility index (Phi) is 3.34. The molecule has 1 aliphatic carbocycles. The van der Waals surface area contributed by atoms with E-state index in [1.165, 1.54) is 0 Å². The summed E-state index contributed by atoms with van der Waals surface area (Å²) in [6.07, 6.45) is 1.64. The van der Waals surface area contributed by atoms with Crippen molar-refractivity contribution in [3.63, 3.8) is 0 Å². The van der Waals surface area contributed by atoms with Crippen molar-refractivity contribution in [3.8, 4) is 0 Å². The molecule has 3 aliphatic rings. The molecular weight excluding hydrogens is 290 g/mol. The van der Waals surface area contributed by atoms with Crippen molar-refractivity contribution in [2.45, 2.75) is 31.7 Å². The maximum Gasteiger partial charge on any atom is 0.322 e. The van der Waals surface area contributed by atoms with E-state index in [0.29, 0.717) is 32.4 Å². The topological polar surface area (TPSA) is 116 Å². The average molecular weight is 309 g/mol. The number of carboxylic acid groups (broad SMARTS) is 1. The largest absolute Gasteiger partial charge is 0.481 e. The summed E-state index contributed by atoms with van der Waals surface area (Å²) < 4.78 is 0. The summed E-state index contributed by atoms with van der Waals surface area (Å²) in [5, 5.41) is 13.8. The first-order valence-electron chi connectivity index (χ1n) is 7.48. The molecule has 4 amide bonds. The Morgan fingerprint density at radius 3 is 2.32 bits per heavy atom. The van der Waals surface area contributed by atoms with Gasteiger partial charge in [-0.25, -0.2) is 4.79 Å². The zero-order valence-corrected chi connectivity index (χ0v) is 12.3. The molecule has 2 saturated heterocycles. The number of piperidine rings is 1. The number of aliphatic carboxylic acids is 1. The van der Waals surface area contributed by atoms with Gasteiger partial charge in [0.2, 0.25) is 5.91 Å². The number of imide groups is 1. The lowest BCUT2D eigenvalue weighted by atomic mass is 9.79. The molecule has 0 aromatic carbocycles. The van der Waals surface area contributed by atoms with Crippen LogP contribution in [0.1, 0.15) is 26.2 Å². The predicted molar refractivity (Wildman–Crippen MR) is 73.6 cm³/mol. The number of rotatable bonds is 3. The molecule has 2 heterocycles. The summed E-state index contributed by atoms with van der Waals surface area (Å²) in [6, 6.07) is -0.478. The standard InChI is InChI=1S/C14H19N3O5/c1-14(12(21)15-13(22)16-14)7-2-4-17(5-3-7)10(18)8-6-9(8)11(19)20/h7-9H,2-6H2,1H3,(H,19,20)(H2,15,16,21,22). The number of hydrogen-bond donors (Lipinski definition) is 3. The molecule has 1 saturated carbocycles. The Hall–Kier alpha value is -2.12. The summed E-state index contributed by atoms with van der Waals surface area (Å²) in [4.78, 5) is 48.0. The van der Waals surface area contributed by atoms with Crippen LogP contribution in [0.3, 0.4) is 0 Å². The molecule has 3 unspecified atom stereocenters. The minimum absolute atomic E-state index is 0.0301. The van der Waals surface area contributed by atoms with Gasteiger partial charge >= 0.3 is 12.0 Å². The molecule has 0 aromatic heterocycles. The second-order valence-electron chi connectivity index (χ2n) is 6.50. The van der Waals surface area contributed by atoms with Crippen molar-refractivity contribution in [2.24, 2.45) is 17.8 Å². The molecule has 0 radical (unpaired) electrons. The number of carbonyl (C=O) groups excluding carboxylic acids is 3. The van der Waals surface area contributed by atoms with Crippen LogP contribution in [0.2, 0.25) is 0 Å². The fraction of sp³-hybridized carbons (Fsp3) is 0.714. The van der Waals surface area contributed by atoms with Gasteiger partial charge in [-0.2, -0.15) is 0 Å². The number of carbonyl (C=O) groups is 4. The molecule has 3 atom stereocenters. The maximum absolute atomic E-state index is 12.2. The van der Waals surface area contributed by atoms with Crippen LogP contribution in [-0.4, -0.2) is 52.4 Å². The average Bonchev–Trinajstić information content (AvgIpc) is 3.22. The van der Waals surface area contributed by atoms with E-state index in [4.69, 9.17) is 5.11 Å². The third-order valence-electron chi connectivity index (χ3n) is 5.12. The van der Waals surface area contributed by atoms with Crippen molar-refractivity contribution in [3.05, 3.63) is 0 Å². The first-order chi connectivity index (χ1) is 10.3. The zero-order valence-electron chi connectivity index (χ0n) is 12.3. The van der Waals surface area contributed by atoms with Crippen LogP contribution >= 0.6 is 0 Å². The van der Waals surface area contributed by atoms with E-state index >= 15 is 0 Å². The molecule has 8 heteroatoms. The Morgan fingerprint density at radius 2 is 1.86 bits per heavy atom. The van der Waals surface area contributed by atoms with Gasteiger partial charge in [-0.3, -0.25) is 19.7 Å². The number of carboxylic acids is 1. The van der Waals surface area contributed by atoms with Gasteiger partial charge in [-0.15, -0.1) is 0 Å². The molecule has 0 aromatic rings. The van der Waals surface area contributed by atoms with E-state index in [-0.39, 0.29) is 23.7 Å². The van der Waals surface area contributed by atoms with Crippen molar-refractivity contribution >= 4 is 23.8 Å². The lowest BCUT2D eigenvalue weighted by Gasteiger charge is -2.38. The quantitative estimate of drug-likeness (QED) is 0.610. The van der Waals surface area contributed by atoms with E-state index in [9.17, 15) is 19.2 Å². The Balaban J connectivity index is 1.57. The van der Waals surface area contributed by atoms with Crippen LogP contribution in [0.15, 0.2) is 0 Å². The molecule has 120 valence electrons. The fourth-order valence-electron chi connectivity index (χ4n) is 3.50. The highest BCUT2D eigenvalue weighted by Crippen LogP contribution is 2.41. The second kappa shape index (κ2) is 4.96. The molecule has 0 bridgehead atoms. The van der Waals surface area contributed by atoms with Crippen molar-refractivity contribution in [1.29, 1.82) is 0 Å². The number of urea groups is 1. The summed E-state index contributed by atoms with van der Waals surface area (Å²) in [7, 11) is 0. The minimum atomic E-state index is -0.921. The van der Waals surface area contributed by atoms with Gasteiger partial charge < -0.3 is 15.3 Å². The molecule has 22 heavy (non-hydrogen) atoms. The van der Waals surface area contributed by atoms with Crippen molar-refractivity contribution < 1.29 is 24.3 Å². The smallest absolute Gasteiger partial charge is 0.322 e. The zero-order chi connectivity index (χ0) is 16.1. The number of likely N-dealkylation sites (tertiary alicyclic amines) is 1. The van der Waals surface area contributed by atoms with E-state index in [1.54, 1.807) is 11.8 Å². The summed E-state index contributed by atoms with van der Waals surface area (Å²) in [5.41, 5.74) is -0.921. The van der Waals surface area contributed by atoms with E-state index in [1.807, 2.05) is 0 Å². The van der Waals surface area contributed by atoms with Gasteiger partial charge in [-0.1, -0.05) is 0 Å². The minimum Gasteiger partial charge on any atom is -0.481 e. The third kappa shape index (κ3) is 2.32. The van der Waals surface area contributed by atoms with Crippen LogP contribution in [0, 0.1) is 17.8 Å². The first kappa shape index (κ1) is 14.8. The summed E-state index contributed by atoms with van der Waals surface area (Å²) >= 11 is 0. The van der Waals surface area contributed by atoms with Gasteiger partial charge in [0.25, 0.3) is 5.91 Å². The first-order valence-corrected chi connectivity index (χ1v) is 7.48. The van der Waals surface area contributed by atoms with Crippen LogP contribution in [0.25, 0.3) is 0 Å². The molecule has 2 aliphatic heterocycles. The van der Waals surface area contributed by atoms with Gasteiger partial charge in [0.15, 0.2) is 0 Å². The van der Waals surface area contributed by atoms with E-state index < -0.39 is 23.5 Å². The van der Waals surface area contributed by atoms with Gasteiger partial charge in [0, 0.05) is 13.1 Å². The highest BCUT2D eigenvalue weighted by Gasteiger charge is 2.52. The molecule has 3 rings (SSSR count). The molecule has 8 nitrogen and oxygen atoms in total. The van der Waals surface area contributed by atoms with Gasteiger partial charge in [0.1, 0.15) is 5.54 Å². The van der Waals surface area contributed by atoms with Gasteiger partial charge in [0.05, 0.1) is 11.8 Å². The van der Waals surface area contributed by atoms with Crippen LogP contribution < -0.4 is 10.6 Å². The third-order valence-corrected chi connectivity index (χ3v) is 5.12. The molecule has 3 fully saturated rings. The maximum atomic E-state index is 12.2. The van der Waals surface area contributed by atoms with E-state index in [2.05, 4.69) is 10.6 Å². The Labute approximate surface area is 127 Å². The highest BCUT2D eigenvalue weighted by atomic mass is 16.4. The molecule has 3 N–H and O–H groups in total. The highest BCUT2D eigenvalue weighted by molar-refractivity contribution is 6.07. The lowest BCUT2D eigenvalue weighted by Crippen LogP contribution is -2.54. The van der Waals surface area contributed by atoms with Gasteiger partial charge in [-0.05, 0) is 32.1 Å². The summed E-state index contributed by atoms with van der Waals surface area (Å²) in [6.45, 7) is 2.69. The molecular formula is C14H19N3O5. The van der Waals surface area contributed by atoms with Crippen molar-refractivity contribution in [1.82, 2.24) is 15.5 Å².